The van der Waals surface area contributed by atoms with Crippen LogP contribution in [-0.2, 0) is 13.6 Å². The Morgan fingerprint density at radius 2 is 1.96 bits per heavy atom. The Morgan fingerprint density at radius 3 is 2.69 bits per heavy atom. The van der Waals surface area contributed by atoms with Crippen LogP contribution in [0.2, 0.25) is 5.02 Å². The molecule has 136 valence electrons. The van der Waals surface area contributed by atoms with Crippen LogP contribution in [-0.4, -0.2) is 28.8 Å². The van der Waals surface area contributed by atoms with Crippen LogP contribution in [0.25, 0.3) is 11.3 Å². The first-order valence-corrected chi connectivity index (χ1v) is 8.98. The van der Waals surface area contributed by atoms with Crippen LogP contribution in [0, 0.1) is 0 Å². The quantitative estimate of drug-likeness (QED) is 0.616. The van der Waals surface area contributed by atoms with Gasteiger partial charge in [-0.05, 0) is 43.8 Å². The van der Waals surface area contributed by atoms with Gasteiger partial charge in [0.05, 0.1) is 12.8 Å². The fourth-order valence-corrected chi connectivity index (χ4v) is 3.28. The molecule has 1 unspecified atom stereocenters. The molecule has 5 heteroatoms. The average molecular weight is 370 g/mol. The van der Waals surface area contributed by atoms with E-state index in [-0.39, 0.29) is 6.04 Å². The lowest BCUT2D eigenvalue weighted by molar-refractivity contribution is 0.253. The zero-order chi connectivity index (χ0) is 18.7. The normalized spacial score (nSPS) is 12.4. The summed E-state index contributed by atoms with van der Waals surface area (Å²) in [5.74, 6) is 0.878. The van der Waals surface area contributed by atoms with Gasteiger partial charge < -0.3 is 4.74 Å². The molecule has 2 aromatic carbocycles. The van der Waals surface area contributed by atoms with Gasteiger partial charge in [0.15, 0.2) is 0 Å². The summed E-state index contributed by atoms with van der Waals surface area (Å²) in [5, 5.41) is 5.37. The SMILES string of the molecule is COc1cccc(C(C)N(C)Cc2cn(C)nc2-c2cccc(Cl)c2)c1. The van der Waals surface area contributed by atoms with Crippen molar-refractivity contribution in [3.8, 4) is 17.0 Å². The van der Waals surface area contributed by atoms with E-state index >= 15 is 0 Å². The molecule has 0 saturated carbocycles. The first kappa shape index (κ1) is 18.5. The Labute approximate surface area is 160 Å². The Kier molecular flexibility index (Phi) is 5.64. The molecule has 0 radical (unpaired) electrons. The average Bonchev–Trinajstić information content (AvgIpc) is 3.01. The smallest absolute Gasteiger partial charge is 0.119 e. The largest absolute Gasteiger partial charge is 0.497 e. The first-order chi connectivity index (χ1) is 12.5. The highest BCUT2D eigenvalue weighted by atomic mass is 35.5. The maximum atomic E-state index is 6.16. The summed E-state index contributed by atoms with van der Waals surface area (Å²) < 4.78 is 7.21. The molecule has 0 bridgehead atoms. The van der Waals surface area contributed by atoms with Crippen molar-refractivity contribution in [2.45, 2.75) is 19.5 Å². The van der Waals surface area contributed by atoms with E-state index in [4.69, 9.17) is 16.3 Å². The minimum Gasteiger partial charge on any atom is -0.497 e. The van der Waals surface area contributed by atoms with Gasteiger partial charge in [-0.25, -0.2) is 0 Å². The fraction of sp³-hybridized carbons (Fsp3) is 0.286. The minimum atomic E-state index is 0.248. The third kappa shape index (κ3) is 4.09. The summed E-state index contributed by atoms with van der Waals surface area (Å²) in [6, 6.07) is 16.3. The van der Waals surface area contributed by atoms with Gasteiger partial charge in [0.25, 0.3) is 0 Å². The molecular formula is C21H24ClN3O. The Balaban J connectivity index is 1.84. The van der Waals surface area contributed by atoms with E-state index in [2.05, 4.69) is 42.3 Å². The number of aromatic nitrogens is 2. The van der Waals surface area contributed by atoms with Crippen molar-refractivity contribution in [2.24, 2.45) is 7.05 Å². The van der Waals surface area contributed by atoms with Crippen molar-refractivity contribution in [3.05, 3.63) is 70.9 Å². The molecule has 0 aliphatic carbocycles. The number of aryl methyl sites for hydroxylation is 1. The maximum Gasteiger partial charge on any atom is 0.119 e. The van der Waals surface area contributed by atoms with Gasteiger partial charge in [0.2, 0.25) is 0 Å². The van der Waals surface area contributed by atoms with Crippen molar-refractivity contribution in [3.63, 3.8) is 0 Å². The number of hydrogen-bond donors (Lipinski definition) is 0. The lowest BCUT2D eigenvalue weighted by Gasteiger charge is -2.25. The molecule has 0 fully saturated rings. The highest BCUT2D eigenvalue weighted by Crippen LogP contribution is 2.28. The molecule has 0 aliphatic heterocycles. The molecule has 1 atom stereocenters. The number of hydrogen-bond acceptors (Lipinski definition) is 3. The van der Waals surface area contributed by atoms with Crippen molar-refractivity contribution in [1.82, 2.24) is 14.7 Å². The number of nitrogens with zero attached hydrogens (tertiary/aromatic N) is 3. The first-order valence-electron chi connectivity index (χ1n) is 8.60. The molecule has 1 heterocycles. The van der Waals surface area contributed by atoms with Gasteiger partial charge in [-0.15, -0.1) is 0 Å². The fourth-order valence-electron chi connectivity index (χ4n) is 3.09. The van der Waals surface area contributed by atoms with Crippen molar-refractivity contribution < 1.29 is 4.74 Å². The predicted molar refractivity (Wildman–Crippen MR) is 107 cm³/mol. The molecular weight excluding hydrogens is 346 g/mol. The number of benzene rings is 2. The van der Waals surface area contributed by atoms with E-state index in [0.717, 1.165) is 28.6 Å². The summed E-state index contributed by atoms with van der Waals surface area (Å²) in [6.07, 6.45) is 2.07. The summed E-state index contributed by atoms with van der Waals surface area (Å²) in [6.45, 7) is 2.98. The second kappa shape index (κ2) is 7.94. The number of rotatable bonds is 6. The van der Waals surface area contributed by atoms with Crippen LogP contribution in [0.3, 0.4) is 0 Å². The highest BCUT2D eigenvalue weighted by Gasteiger charge is 2.17. The zero-order valence-corrected chi connectivity index (χ0v) is 16.4. The lowest BCUT2D eigenvalue weighted by atomic mass is 10.0. The molecule has 26 heavy (non-hydrogen) atoms. The minimum absolute atomic E-state index is 0.248. The van der Waals surface area contributed by atoms with Gasteiger partial charge in [-0.3, -0.25) is 9.58 Å². The van der Waals surface area contributed by atoms with E-state index in [0.29, 0.717) is 0 Å². The summed E-state index contributed by atoms with van der Waals surface area (Å²) in [4.78, 5) is 2.31. The van der Waals surface area contributed by atoms with E-state index in [1.807, 2.05) is 48.1 Å². The highest BCUT2D eigenvalue weighted by molar-refractivity contribution is 6.30. The van der Waals surface area contributed by atoms with Crippen LogP contribution in [0.4, 0.5) is 0 Å². The molecule has 1 aromatic heterocycles. The second-order valence-corrected chi connectivity index (χ2v) is 6.99. The topological polar surface area (TPSA) is 30.3 Å². The van der Waals surface area contributed by atoms with Crippen molar-refractivity contribution >= 4 is 11.6 Å². The molecule has 3 aromatic rings. The molecule has 0 saturated heterocycles. The van der Waals surface area contributed by atoms with E-state index in [1.54, 1.807) is 7.11 Å². The number of halogens is 1. The summed E-state index contributed by atoms with van der Waals surface area (Å²) in [7, 11) is 5.77. The third-order valence-corrected chi connectivity index (χ3v) is 4.89. The van der Waals surface area contributed by atoms with Crippen molar-refractivity contribution in [2.75, 3.05) is 14.2 Å². The van der Waals surface area contributed by atoms with Gasteiger partial charge in [0, 0.05) is 42.0 Å². The predicted octanol–water partition coefficient (Wildman–Crippen LogP) is 4.94. The molecule has 0 aliphatic rings. The number of ether oxygens (including phenoxy) is 1. The molecule has 3 rings (SSSR count). The van der Waals surface area contributed by atoms with Crippen LogP contribution < -0.4 is 4.74 Å². The van der Waals surface area contributed by atoms with Gasteiger partial charge in [-0.1, -0.05) is 35.9 Å². The van der Waals surface area contributed by atoms with Gasteiger partial charge >= 0.3 is 0 Å². The lowest BCUT2D eigenvalue weighted by Crippen LogP contribution is -2.22. The standard InChI is InChI=1S/C21H24ClN3O/c1-15(16-7-6-10-20(12-16)26-4)24(2)13-18-14-25(3)23-21(18)17-8-5-9-19(22)11-17/h5-12,14-15H,13H2,1-4H3. The van der Waals surface area contributed by atoms with Crippen LogP contribution in [0.1, 0.15) is 24.1 Å². The van der Waals surface area contributed by atoms with E-state index < -0.39 is 0 Å². The van der Waals surface area contributed by atoms with E-state index in [9.17, 15) is 0 Å². The van der Waals surface area contributed by atoms with Crippen LogP contribution in [0.5, 0.6) is 5.75 Å². The van der Waals surface area contributed by atoms with Gasteiger partial charge in [-0.2, -0.15) is 5.10 Å². The summed E-state index contributed by atoms with van der Waals surface area (Å²) >= 11 is 6.16. The van der Waals surface area contributed by atoms with E-state index in [1.165, 1.54) is 11.1 Å². The van der Waals surface area contributed by atoms with Crippen molar-refractivity contribution in [1.29, 1.82) is 0 Å². The van der Waals surface area contributed by atoms with Gasteiger partial charge in [0.1, 0.15) is 5.75 Å². The molecule has 0 amide bonds. The molecule has 0 N–H and O–H groups in total. The monoisotopic (exact) mass is 369 g/mol. The van der Waals surface area contributed by atoms with Crippen LogP contribution >= 0.6 is 11.6 Å². The maximum absolute atomic E-state index is 6.16. The molecule has 0 spiro atoms. The second-order valence-electron chi connectivity index (χ2n) is 6.55. The molecule has 4 nitrogen and oxygen atoms in total. The zero-order valence-electron chi connectivity index (χ0n) is 15.6. The van der Waals surface area contributed by atoms with Crippen LogP contribution in [0.15, 0.2) is 54.7 Å². The third-order valence-electron chi connectivity index (χ3n) is 4.66. The summed E-state index contributed by atoms with van der Waals surface area (Å²) in [5.41, 5.74) is 4.40. The number of methoxy groups -OCH3 is 1. The Bertz CT molecular complexity index is 890. The Morgan fingerprint density at radius 1 is 1.19 bits per heavy atom. The Hall–Kier alpha value is -2.30.